The Kier molecular flexibility index (Phi) is 7.37. The molecule has 10 rings (SSSR count). The molecule has 0 spiro atoms. The van der Waals surface area contributed by atoms with Crippen LogP contribution in [0.4, 0.5) is 11.4 Å². The van der Waals surface area contributed by atoms with E-state index in [4.69, 9.17) is 4.42 Å². The summed E-state index contributed by atoms with van der Waals surface area (Å²) in [7, 11) is 0. The third-order valence-corrected chi connectivity index (χ3v) is 11.1. The molecule has 2 nitrogen and oxygen atoms in total. The number of hydrogen-bond acceptors (Lipinski definition) is 2. The average Bonchev–Trinajstić information content (AvgIpc) is 3.62. The molecule has 0 saturated carbocycles. The second-order valence-electron chi connectivity index (χ2n) is 14.4. The standard InChI is InChI=1S/C51H37NO/c1-51(40-12-3-2-4-13-40)32-30-43(31-33-51)52(42-27-22-37(23-28-42)45-16-9-11-36-10-5-6-14-44(36)45)41-25-20-35(21-26-41)39-19-18-38-24-29-49-50(47(38)34-39)46-15-7-8-17-48(46)53-49/h2-32,34H,33H2,1H3. The summed E-state index contributed by atoms with van der Waals surface area (Å²) >= 11 is 0. The zero-order chi connectivity index (χ0) is 35.4. The lowest BCUT2D eigenvalue weighted by molar-refractivity contribution is 0.595. The van der Waals surface area contributed by atoms with Gasteiger partial charge in [-0.25, -0.2) is 0 Å². The van der Waals surface area contributed by atoms with Crippen LogP contribution in [0.25, 0.3) is 65.7 Å². The second kappa shape index (κ2) is 12.5. The van der Waals surface area contributed by atoms with Crippen LogP contribution >= 0.6 is 0 Å². The maximum Gasteiger partial charge on any atom is 0.136 e. The van der Waals surface area contributed by atoms with Gasteiger partial charge in [0, 0.05) is 33.3 Å². The van der Waals surface area contributed by atoms with Gasteiger partial charge in [-0.1, -0.05) is 153 Å². The van der Waals surface area contributed by atoms with Crippen molar-refractivity contribution in [2.45, 2.75) is 18.8 Å². The molecular weight excluding hydrogens is 643 g/mol. The Morgan fingerprint density at radius 1 is 0.509 bits per heavy atom. The van der Waals surface area contributed by atoms with E-state index in [1.54, 1.807) is 0 Å². The van der Waals surface area contributed by atoms with Gasteiger partial charge in [0.2, 0.25) is 0 Å². The molecule has 0 radical (unpaired) electrons. The van der Waals surface area contributed by atoms with Gasteiger partial charge < -0.3 is 9.32 Å². The molecule has 0 aliphatic heterocycles. The van der Waals surface area contributed by atoms with E-state index < -0.39 is 0 Å². The highest BCUT2D eigenvalue weighted by molar-refractivity contribution is 6.19. The third-order valence-electron chi connectivity index (χ3n) is 11.1. The Bertz CT molecular complexity index is 2850. The predicted molar refractivity (Wildman–Crippen MR) is 224 cm³/mol. The monoisotopic (exact) mass is 679 g/mol. The Morgan fingerprint density at radius 2 is 1.15 bits per heavy atom. The van der Waals surface area contributed by atoms with Crippen LogP contribution in [0.3, 0.4) is 0 Å². The molecule has 1 atom stereocenters. The first-order chi connectivity index (χ1) is 26.1. The van der Waals surface area contributed by atoms with Crippen molar-refractivity contribution in [3.8, 4) is 22.3 Å². The number of furan rings is 1. The molecule has 9 aromatic rings. The molecule has 0 amide bonds. The molecule has 0 N–H and O–H groups in total. The normalized spacial score (nSPS) is 15.7. The van der Waals surface area contributed by atoms with Gasteiger partial charge in [0.15, 0.2) is 0 Å². The maximum atomic E-state index is 6.22. The van der Waals surface area contributed by atoms with Crippen LogP contribution in [-0.4, -0.2) is 0 Å². The fourth-order valence-electron chi connectivity index (χ4n) is 8.16. The van der Waals surface area contributed by atoms with E-state index in [2.05, 4.69) is 194 Å². The third kappa shape index (κ3) is 5.43. The Hall–Kier alpha value is -6.64. The largest absolute Gasteiger partial charge is 0.456 e. The van der Waals surface area contributed by atoms with Gasteiger partial charge in [-0.2, -0.15) is 0 Å². The lowest BCUT2D eigenvalue weighted by Crippen LogP contribution is -2.24. The summed E-state index contributed by atoms with van der Waals surface area (Å²) in [5.74, 6) is 0. The van der Waals surface area contributed by atoms with E-state index in [1.165, 1.54) is 60.4 Å². The van der Waals surface area contributed by atoms with Gasteiger partial charge in [0.25, 0.3) is 0 Å². The quantitative estimate of drug-likeness (QED) is 0.174. The Balaban J connectivity index is 1.04. The Morgan fingerprint density at radius 3 is 1.92 bits per heavy atom. The van der Waals surface area contributed by atoms with Crippen molar-refractivity contribution in [1.29, 1.82) is 0 Å². The van der Waals surface area contributed by atoms with E-state index in [0.29, 0.717) is 0 Å². The number of allylic oxidation sites excluding steroid dienone is 3. The number of para-hydroxylation sites is 1. The molecule has 1 aromatic heterocycles. The van der Waals surface area contributed by atoms with Gasteiger partial charge >= 0.3 is 0 Å². The van der Waals surface area contributed by atoms with Crippen molar-refractivity contribution >= 4 is 54.9 Å². The molecule has 0 fully saturated rings. The van der Waals surface area contributed by atoms with Gasteiger partial charge in [-0.15, -0.1) is 0 Å². The number of nitrogens with zero attached hydrogens (tertiary/aromatic N) is 1. The molecule has 0 bridgehead atoms. The van der Waals surface area contributed by atoms with Gasteiger partial charge in [-0.3, -0.25) is 0 Å². The topological polar surface area (TPSA) is 16.4 Å². The highest BCUT2D eigenvalue weighted by atomic mass is 16.3. The molecule has 53 heavy (non-hydrogen) atoms. The van der Waals surface area contributed by atoms with Crippen molar-refractivity contribution in [2.24, 2.45) is 0 Å². The van der Waals surface area contributed by atoms with Crippen LogP contribution in [0.2, 0.25) is 0 Å². The summed E-state index contributed by atoms with van der Waals surface area (Å²) in [6, 6.07) is 63.4. The van der Waals surface area contributed by atoms with E-state index in [1.807, 2.05) is 12.1 Å². The first-order valence-corrected chi connectivity index (χ1v) is 18.4. The number of rotatable bonds is 6. The molecule has 1 heterocycles. The second-order valence-corrected chi connectivity index (χ2v) is 14.4. The maximum absolute atomic E-state index is 6.22. The van der Waals surface area contributed by atoms with Crippen LogP contribution in [0, 0.1) is 0 Å². The minimum Gasteiger partial charge on any atom is -0.456 e. The first kappa shape index (κ1) is 31.1. The highest BCUT2D eigenvalue weighted by Crippen LogP contribution is 2.41. The molecule has 1 aliphatic carbocycles. The molecule has 0 saturated heterocycles. The molecular formula is C51H37NO. The Labute approximate surface area is 309 Å². The summed E-state index contributed by atoms with van der Waals surface area (Å²) in [5, 5.41) is 7.27. The average molecular weight is 680 g/mol. The summed E-state index contributed by atoms with van der Waals surface area (Å²) in [5.41, 5.74) is 11.4. The molecule has 252 valence electrons. The summed E-state index contributed by atoms with van der Waals surface area (Å²) in [4.78, 5) is 2.39. The summed E-state index contributed by atoms with van der Waals surface area (Å²) < 4.78 is 6.22. The van der Waals surface area contributed by atoms with E-state index in [0.717, 1.165) is 34.3 Å². The summed E-state index contributed by atoms with van der Waals surface area (Å²) in [6.07, 6.45) is 7.98. The van der Waals surface area contributed by atoms with Crippen molar-refractivity contribution in [3.05, 3.63) is 205 Å². The lowest BCUT2D eigenvalue weighted by Gasteiger charge is -2.33. The van der Waals surface area contributed by atoms with Gasteiger partial charge in [0.1, 0.15) is 11.2 Å². The van der Waals surface area contributed by atoms with Crippen LogP contribution in [0.5, 0.6) is 0 Å². The fraction of sp³-hybridized carbons (Fsp3) is 0.0588. The van der Waals surface area contributed by atoms with E-state index >= 15 is 0 Å². The fourth-order valence-corrected chi connectivity index (χ4v) is 8.16. The smallest absolute Gasteiger partial charge is 0.136 e. The zero-order valence-corrected chi connectivity index (χ0v) is 29.5. The first-order valence-electron chi connectivity index (χ1n) is 18.4. The van der Waals surface area contributed by atoms with Crippen LogP contribution < -0.4 is 4.90 Å². The van der Waals surface area contributed by atoms with Crippen molar-refractivity contribution < 1.29 is 4.42 Å². The highest BCUT2D eigenvalue weighted by Gasteiger charge is 2.27. The minimum absolute atomic E-state index is 0.0552. The van der Waals surface area contributed by atoms with Gasteiger partial charge in [0.05, 0.1) is 0 Å². The minimum atomic E-state index is -0.0552. The number of benzene rings is 8. The molecule has 1 unspecified atom stereocenters. The van der Waals surface area contributed by atoms with E-state index in [9.17, 15) is 0 Å². The predicted octanol–water partition coefficient (Wildman–Crippen LogP) is 14.2. The molecule has 1 aliphatic rings. The summed E-state index contributed by atoms with van der Waals surface area (Å²) in [6.45, 7) is 2.33. The van der Waals surface area contributed by atoms with Crippen molar-refractivity contribution in [3.63, 3.8) is 0 Å². The number of hydrogen-bond donors (Lipinski definition) is 0. The number of fused-ring (bicyclic) bond motifs is 6. The van der Waals surface area contributed by atoms with Gasteiger partial charge in [-0.05, 0) is 104 Å². The van der Waals surface area contributed by atoms with Crippen LogP contribution in [0.15, 0.2) is 204 Å². The zero-order valence-electron chi connectivity index (χ0n) is 29.5. The van der Waals surface area contributed by atoms with Crippen molar-refractivity contribution in [2.75, 3.05) is 4.90 Å². The van der Waals surface area contributed by atoms with Crippen LogP contribution in [0.1, 0.15) is 18.9 Å². The molecule has 8 aromatic carbocycles. The van der Waals surface area contributed by atoms with Crippen LogP contribution in [-0.2, 0) is 5.41 Å². The number of anilines is 2. The lowest BCUT2D eigenvalue weighted by atomic mass is 9.77. The van der Waals surface area contributed by atoms with E-state index in [-0.39, 0.29) is 5.41 Å². The van der Waals surface area contributed by atoms with Crippen molar-refractivity contribution in [1.82, 2.24) is 0 Å². The molecule has 2 heteroatoms. The SMILES string of the molecule is CC1(c2ccccc2)C=CC(N(c2ccc(-c3ccc4ccc5oc6ccccc6c5c4c3)cc2)c2ccc(-c3cccc4ccccc34)cc2)=CC1.